The van der Waals surface area contributed by atoms with Gasteiger partial charge in [-0.1, -0.05) is 18.2 Å². The zero-order valence-corrected chi connectivity index (χ0v) is 8.15. The van der Waals surface area contributed by atoms with Crippen molar-refractivity contribution in [3.8, 4) is 5.75 Å². The molecule has 4 nitrogen and oxygen atoms in total. The molecule has 1 aromatic carbocycles. The number of hydrogen-bond acceptors (Lipinski definition) is 3. The Labute approximate surface area is 82.5 Å². The second-order valence-electron chi connectivity index (χ2n) is 2.88. The number of para-hydroxylation sites is 1. The van der Waals surface area contributed by atoms with Crippen LogP contribution in [-0.4, -0.2) is 18.1 Å². The molecule has 1 aromatic rings. The van der Waals surface area contributed by atoms with Gasteiger partial charge in [-0.15, -0.1) is 0 Å². The highest BCUT2D eigenvalue weighted by Gasteiger charge is 2.14. The maximum atomic E-state index is 10.8. The van der Waals surface area contributed by atoms with Gasteiger partial charge in [-0.05, 0) is 6.07 Å². The first-order chi connectivity index (χ1) is 6.65. The van der Waals surface area contributed by atoms with Crippen LogP contribution < -0.4 is 5.32 Å². The fourth-order valence-electron chi connectivity index (χ4n) is 1.16. The Balaban J connectivity index is 2.89. The molecule has 0 radical (unpaired) electrons. The van der Waals surface area contributed by atoms with Gasteiger partial charge in [0.25, 0.3) is 0 Å². The minimum atomic E-state index is -0.603. The van der Waals surface area contributed by atoms with Gasteiger partial charge in [0.1, 0.15) is 5.75 Å². The van der Waals surface area contributed by atoms with Crippen LogP contribution in [0.4, 0.5) is 0 Å². The first-order valence-corrected chi connectivity index (χ1v) is 4.23. The molecule has 0 heterocycles. The lowest BCUT2D eigenvalue weighted by atomic mass is 10.1. The lowest BCUT2D eigenvalue weighted by Gasteiger charge is -2.17. The third-order valence-corrected chi connectivity index (χ3v) is 1.79. The predicted octanol–water partition coefficient (Wildman–Crippen LogP) is 1.17. The summed E-state index contributed by atoms with van der Waals surface area (Å²) in [6.45, 7) is 1.39. The van der Waals surface area contributed by atoms with E-state index in [4.69, 9.17) is 4.74 Å². The molecule has 0 aromatic heterocycles. The molecule has 0 spiro atoms. The summed E-state index contributed by atoms with van der Waals surface area (Å²) in [5.41, 5.74) is 0.546. The van der Waals surface area contributed by atoms with Crippen molar-refractivity contribution in [2.45, 2.75) is 13.2 Å². The van der Waals surface area contributed by atoms with Crippen molar-refractivity contribution < 1.29 is 14.6 Å². The van der Waals surface area contributed by atoms with Crippen LogP contribution >= 0.6 is 0 Å². The van der Waals surface area contributed by atoms with Crippen molar-refractivity contribution in [1.29, 1.82) is 0 Å². The van der Waals surface area contributed by atoms with E-state index in [0.29, 0.717) is 5.56 Å². The molecule has 0 saturated heterocycles. The maximum absolute atomic E-state index is 10.8. The number of phenols is 1. The molecule has 1 rings (SSSR count). The van der Waals surface area contributed by atoms with Crippen molar-refractivity contribution in [1.82, 2.24) is 5.32 Å². The number of aromatic hydroxyl groups is 1. The van der Waals surface area contributed by atoms with Crippen LogP contribution in [-0.2, 0) is 9.53 Å². The summed E-state index contributed by atoms with van der Waals surface area (Å²) < 4.78 is 5.04. The summed E-state index contributed by atoms with van der Waals surface area (Å²) in [6, 6.07) is 6.71. The molecular formula is C10H13NO3. The van der Waals surface area contributed by atoms with E-state index in [-0.39, 0.29) is 11.7 Å². The predicted molar refractivity (Wildman–Crippen MR) is 51.7 cm³/mol. The van der Waals surface area contributed by atoms with Crippen LogP contribution in [0, 0.1) is 0 Å². The Bertz CT molecular complexity index is 325. The van der Waals surface area contributed by atoms with Crippen molar-refractivity contribution in [3.05, 3.63) is 29.8 Å². The average molecular weight is 195 g/mol. The SMILES string of the molecule is COC(NC(C)=O)c1ccccc1O. The van der Waals surface area contributed by atoms with Crippen molar-refractivity contribution >= 4 is 5.91 Å². The Kier molecular flexibility index (Phi) is 3.48. The van der Waals surface area contributed by atoms with E-state index in [1.54, 1.807) is 24.3 Å². The Morgan fingerprint density at radius 2 is 2.14 bits per heavy atom. The van der Waals surface area contributed by atoms with Gasteiger partial charge in [0, 0.05) is 19.6 Å². The number of benzene rings is 1. The van der Waals surface area contributed by atoms with E-state index in [1.165, 1.54) is 14.0 Å². The summed E-state index contributed by atoms with van der Waals surface area (Å²) in [6.07, 6.45) is -0.603. The molecule has 4 heteroatoms. The zero-order valence-electron chi connectivity index (χ0n) is 8.15. The number of carbonyl (C=O) groups is 1. The fourth-order valence-corrected chi connectivity index (χ4v) is 1.16. The van der Waals surface area contributed by atoms with Gasteiger partial charge in [0.05, 0.1) is 0 Å². The van der Waals surface area contributed by atoms with Gasteiger partial charge in [0.2, 0.25) is 5.91 Å². The molecule has 0 bridgehead atoms. The minimum absolute atomic E-state index is 0.105. The van der Waals surface area contributed by atoms with Crippen LogP contribution in [0.3, 0.4) is 0 Å². The molecule has 0 aliphatic carbocycles. The number of carbonyl (C=O) groups excluding carboxylic acids is 1. The molecule has 14 heavy (non-hydrogen) atoms. The summed E-state index contributed by atoms with van der Waals surface area (Å²) >= 11 is 0. The highest BCUT2D eigenvalue weighted by molar-refractivity contribution is 5.73. The summed E-state index contributed by atoms with van der Waals surface area (Å²) in [5, 5.41) is 12.1. The third kappa shape index (κ3) is 2.47. The molecule has 0 saturated carbocycles. The van der Waals surface area contributed by atoms with Crippen molar-refractivity contribution in [3.63, 3.8) is 0 Å². The molecule has 76 valence electrons. The largest absolute Gasteiger partial charge is 0.507 e. The number of phenolic OH excluding ortho intramolecular Hbond substituents is 1. The van der Waals surface area contributed by atoms with Crippen LogP contribution in [0.15, 0.2) is 24.3 Å². The second kappa shape index (κ2) is 4.62. The number of ether oxygens (including phenoxy) is 1. The van der Waals surface area contributed by atoms with Crippen LogP contribution in [0.25, 0.3) is 0 Å². The van der Waals surface area contributed by atoms with Crippen molar-refractivity contribution in [2.24, 2.45) is 0 Å². The lowest BCUT2D eigenvalue weighted by molar-refractivity contribution is -0.122. The Morgan fingerprint density at radius 1 is 1.50 bits per heavy atom. The standard InChI is InChI=1S/C10H13NO3/c1-7(12)11-10(14-2)8-5-3-4-6-9(8)13/h3-6,10,13H,1-2H3,(H,11,12). The van der Waals surface area contributed by atoms with Gasteiger partial charge in [-0.3, -0.25) is 4.79 Å². The molecule has 2 N–H and O–H groups in total. The molecule has 1 amide bonds. The monoisotopic (exact) mass is 195 g/mol. The van der Waals surface area contributed by atoms with Gasteiger partial charge in [-0.25, -0.2) is 0 Å². The quantitative estimate of drug-likeness (QED) is 0.712. The number of nitrogens with one attached hydrogen (secondary N) is 1. The maximum Gasteiger partial charge on any atom is 0.219 e. The number of hydrogen-bond donors (Lipinski definition) is 2. The number of methoxy groups -OCH3 is 1. The van der Waals surface area contributed by atoms with E-state index in [2.05, 4.69) is 5.32 Å². The van der Waals surface area contributed by atoms with Crippen LogP contribution in [0.5, 0.6) is 5.75 Å². The van der Waals surface area contributed by atoms with E-state index in [0.717, 1.165) is 0 Å². The Hall–Kier alpha value is -1.55. The molecule has 1 atom stereocenters. The highest BCUT2D eigenvalue weighted by Crippen LogP contribution is 2.23. The summed E-state index contributed by atoms with van der Waals surface area (Å²) in [7, 11) is 1.47. The second-order valence-corrected chi connectivity index (χ2v) is 2.88. The van der Waals surface area contributed by atoms with E-state index in [9.17, 15) is 9.90 Å². The zero-order chi connectivity index (χ0) is 10.6. The topological polar surface area (TPSA) is 58.6 Å². The fraction of sp³-hybridized carbons (Fsp3) is 0.300. The molecule has 1 unspecified atom stereocenters. The third-order valence-electron chi connectivity index (χ3n) is 1.79. The van der Waals surface area contributed by atoms with Gasteiger partial charge in [-0.2, -0.15) is 0 Å². The van der Waals surface area contributed by atoms with Crippen LogP contribution in [0.1, 0.15) is 18.7 Å². The molecule has 0 aliphatic rings. The highest BCUT2D eigenvalue weighted by atomic mass is 16.5. The average Bonchev–Trinajstić information content (AvgIpc) is 2.15. The summed E-state index contributed by atoms with van der Waals surface area (Å²) in [4.78, 5) is 10.8. The minimum Gasteiger partial charge on any atom is -0.507 e. The molecule has 0 aliphatic heterocycles. The first kappa shape index (κ1) is 10.5. The Morgan fingerprint density at radius 3 is 2.64 bits per heavy atom. The molecule has 0 fully saturated rings. The van der Waals surface area contributed by atoms with E-state index in [1.807, 2.05) is 0 Å². The normalized spacial score (nSPS) is 12.1. The number of amides is 1. The van der Waals surface area contributed by atoms with E-state index >= 15 is 0 Å². The first-order valence-electron chi connectivity index (χ1n) is 4.23. The number of rotatable bonds is 3. The van der Waals surface area contributed by atoms with Gasteiger partial charge < -0.3 is 15.2 Å². The lowest BCUT2D eigenvalue weighted by Crippen LogP contribution is -2.27. The van der Waals surface area contributed by atoms with E-state index < -0.39 is 6.23 Å². The summed E-state index contributed by atoms with van der Waals surface area (Å²) in [5.74, 6) is -0.104. The van der Waals surface area contributed by atoms with Gasteiger partial charge in [0.15, 0.2) is 6.23 Å². The van der Waals surface area contributed by atoms with Crippen LogP contribution in [0.2, 0.25) is 0 Å². The van der Waals surface area contributed by atoms with Crippen molar-refractivity contribution in [2.75, 3.05) is 7.11 Å². The van der Waals surface area contributed by atoms with Gasteiger partial charge >= 0.3 is 0 Å². The smallest absolute Gasteiger partial charge is 0.219 e. The molecular weight excluding hydrogens is 182 g/mol.